The average molecular weight is 179 g/mol. The van der Waals surface area contributed by atoms with Crippen LogP contribution in [0, 0.1) is 6.92 Å². The fourth-order valence-corrected chi connectivity index (χ4v) is 2.00. The van der Waals surface area contributed by atoms with Crippen LogP contribution in [0.15, 0.2) is 12.1 Å². The third-order valence-corrected chi connectivity index (χ3v) is 2.88. The van der Waals surface area contributed by atoms with Crippen molar-refractivity contribution in [2.45, 2.75) is 6.92 Å². The Bertz CT molecular complexity index is 433. The molecule has 4 N–H and O–H groups in total. The molecule has 2 aromatic rings. The third kappa shape index (κ3) is 0.921. The normalized spacial score (nSPS) is 10.8. The summed E-state index contributed by atoms with van der Waals surface area (Å²) in [5, 5.41) is 0.596. The Hall–Kier alpha value is -1.29. The molecule has 2 rings (SSSR count). The minimum Gasteiger partial charge on any atom is -0.398 e. The van der Waals surface area contributed by atoms with Crippen molar-refractivity contribution < 1.29 is 0 Å². The molecule has 0 fully saturated rings. The van der Waals surface area contributed by atoms with Crippen molar-refractivity contribution in [2.24, 2.45) is 0 Å². The molecule has 4 heteroatoms. The molecule has 0 unspecified atom stereocenters. The van der Waals surface area contributed by atoms with Gasteiger partial charge in [-0.3, -0.25) is 0 Å². The molecule has 0 amide bonds. The van der Waals surface area contributed by atoms with Crippen LogP contribution in [-0.4, -0.2) is 4.98 Å². The Morgan fingerprint density at radius 1 is 1.33 bits per heavy atom. The van der Waals surface area contributed by atoms with Gasteiger partial charge in [-0.1, -0.05) is 11.3 Å². The molecule has 1 heterocycles. The minimum atomic E-state index is 0.596. The third-order valence-electron chi connectivity index (χ3n) is 1.86. The Labute approximate surface area is 74.0 Å². The molecule has 0 bridgehead atoms. The molecule has 0 spiro atoms. The summed E-state index contributed by atoms with van der Waals surface area (Å²) in [4.78, 5) is 4.16. The van der Waals surface area contributed by atoms with Crippen molar-refractivity contribution in [1.29, 1.82) is 0 Å². The topological polar surface area (TPSA) is 64.9 Å². The van der Waals surface area contributed by atoms with E-state index in [0.717, 1.165) is 21.5 Å². The van der Waals surface area contributed by atoms with Gasteiger partial charge < -0.3 is 11.5 Å². The second-order valence-corrected chi connectivity index (χ2v) is 3.71. The zero-order chi connectivity index (χ0) is 8.72. The Kier molecular flexibility index (Phi) is 1.44. The summed E-state index contributed by atoms with van der Waals surface area (Å²) in [6.45, 7) is 1.98. The van der Waals surface area contributed by atoms with Gasteiger partial charge >= 0.3 is 0 Å². The molecule has 0 aliphatic rings. The molecule has 62 valence electrons. The van der Waals surface area contributed by atoms with Crippen LogP contribution in [0.1, 0.15) is 5.56 Å². The maximum Gasteiger partial charge on any atom is 0.181 e. The Morgan fingerprint density at radius 2 is 2.08 bits per heavy atom. The van der Waals surface area contributed by atoms with Gasteiger partial charge in [0.2, 0.25) is 0 Å². The lowest BCUT2D eigenvalue weighted by molar-refractivity contribution is 1.47. The first-order valence-electron chi connectivity index (χ1n) is 3.59. The summed E-state index contributed by atoms with van der Waals surface area (Å²) in [5.41, 5.74) is 14.1. The highest BCUT2D eigenvalue weighted by molar-refractivity contribution is 7.22. The molecule has 0 saturated heterocycles. The summed E-state index contributed by atoms with van der Waals surface area (Å²) >= 11 is 1.48. The number of thiazole rings is 1. The van der Waals surface area contributed by atoms with Crippen LogP contribution in [-0.2, 0) is 0 Å². The van der Waals surface area contributed by atoms with E-state index >= 15 is 0 Å². The number of benzene rings is 1. The lowest BCUT2D eigenvalue weighted by Crippen LogP contribution is -1.87. The predicted octanol–water partition coefficient (Wildman–Crippen LogP) is 1.77. The van der Waals surface area contributed by atoms with Gasteiger partial charge in [-0.2, -0.15) is 0 Å². The number of aromatic nitrogens is 1. The van der Waals surface area contributed by atoms with Gasteiger partial charge in [0.05, 0.1) is 10.2 Å². The van der Waals surface area contributed by atoms with E-state index in [1.165, 1.54) is 11.3 Å². The standard InChI is InChI=1S/C8H9N3S/c1-4-5(9)2-3-6-7(4)12-8(10)11-6/h2-3H,9H2,1H3,(H2,10,11). The lowest BCUT2D eigenvalue weighted by atomic mass is 10.2. The monoisotopic (exact) mass is 179 g/mol. The van der Waals surface area contributed by atoms with Crippen molar-refractivity contribution in [2.75, 3.05) is 11.5 Å². The number of anilines is 2. The fourth-order valence-electron chi connectivity index (χ4n) is 1.16. The van der Waals surface area contributed by atoms with Crippen molar-refractivity contribution >= 4 is 32.4 Å². The molecular formula is C8H9N3S. The first kappa shape index (κ1) is 7.36. The van der Waals surface area contributed by atoms with Gasteiger partial charge in [-0.25, -0.2) is 4.98 Å². The van der Waals surface area contributed by atoms with Crippen LogP contribution in [0.25, 0.3) is 10.2 Å². The summed E-state index contributed by atoms with van der Waals surface area (Å²) in [7, 11) is 0. The number of aryl methyl sites for hydroxylation is 1. The Balaban J connectivity index is 2.89. The van der Waals surface area contributed by atoms with E-state index in [-0.39, 0.29) is 0 Å². The zero-order valence-electron chi connectivity index (χ0n) is 6.66. The lowest BCUT2D eigenvalue weighted by Gasteiger charge is -1.97. The van der Waals surface area contributed by atoms with E-state index in [2.05, 4.69) is 4.98 Å². The number of rotatable bonds is 0. The van der Waals surface area contributed by atoms with Crippen molar-refractivity contribution in [3.63, 3.8) is 0 Å². The van der Waals surface area contributed by atoms with Crippen LogP contribution in [0.5, 0.6) is 0 Å². The number of fused-ring (bicyclic) bond motifs is 1. The van der Waals surface area contributed by atoms with E-state index in [0.29, 0.717) is 5.13 Å². The zero-order valence-corrected chi connectivity index (χ0v) is 7.48. The number of nitrogens with zero attached hydrogens (tertiary/aromatic N) is 1. The first-order chi connectivity index (χ1) is 5.68. The van der Waals surface area contributed by atoms with Crippen molar-refractivity contribution in [1.82, 2.24) is 4.98 Å². The van der Waals surface area contributed by atoms with E-state index in [4.69, 9.17) is 11.5 Å². The maximum absolute atomic E-state index is 5.73. The quantitative estimate of drug-likeness (QED) is 0.606. The minimum absolute atomic E-state index is 0.596. The SMILES string of the molecule is Cc1c(N)ccc2nc(N)sc12. The summed E-state index contributed by atoms with van der Waals surface area (Å²) in [6.07, 6.45) is 0. The largest absolute Gasteiger partial charge is 0.398 e. The van der Waals surface area contributed by atoms with Gasteiger partial charge in [0.15, 0.2) is 5.13 Å². The summed E-state index contributed by atoms with van der Waals surface area (Å²) in [5.74, 6) is 0. The summed E-state index contributed by atoms with van der Waals surface area (Å²) < 4.78 is 1.09. The second-order valence-electron chi connectivity index (χ2n) is 2.68. The van der Waals surface area contributed by atoms with Crippen molar-refractivity contribution in [3.05, 3.63) is 17.7 Å². The molecule has 0 atom stereocenters. The highest BCUT2D eigenvalue weighted by Gasteiger charge is 2.04. The number of hydrogen-bond acceptors (Lipinski definition) is 4. The molecule has 1 aromatic heterocycles. The molecule has 0 saturated carbocycles. The highest BCUT2D eigenvalue weighted by Crippen LogP contribution is 2.29. The molecular weight excluding hydrogens is 170 g/mol. The fraction of sp³-hybridized carbons (Fsp3) is 0.125. The first-order valence-corrected chi connectivity index (χ1v) is 4.41. The van der Waals surface area contributed by atoms with Crippen LogP contribution in [0.2, 0.25) is 0 Å². The van der Waals surface area contributed by atoms with Gasteiger partial charge in [0, 0.05) is 5.69 Å². The van der Waals surface area contributed by atoms with Crippen LogP contribution in [0.3, 0.4) is 0 Å². The van der Waals surface area contributed by atoms with Crippen LogP contribution in [0.4, 0.5) is 10.8 Å². The average Bonchev–Trinajstić information content (AvgIpc) is 2.39. The number of nitrogens with two attached hydrogens (primary N) is 2. The molecule has 0 radical (unpaired) electrons. The second kappa shape index (κ2) is 2.35. The van der Waals surface area contributed by atoms with Gasteiger partial charge in [-0.15, -0.1) is 0 Å². The molecule has 12 heavy (non-hydrogen) atoms. The van der Waals surface area contributed by atoms with Gasteiger partial charge in [0.25, 0.3) is 0 Å². The molecule has 1 aromatic carbocycles. The smallest absolute Gasteiger partial charge is 0.181 e. The number of hydrogen-bond donors (Lipinski definition) is 2. The summed E-state index contributed by atoms with van der Waals surface area (Å²) in [6, 6.07) is 3.75. The van der Waals surface area contributed by atoms with Gasteiger partial charge in [-0.05, 0) is 24.6 Å². The molecule has 0 aliphatic heterocycles. The molecule has 3 nitrogen and oxygen atoms in total. The van der Waals surface area contributed by atoms with Crippen LogP contribution >= 0.6 is 11.3 Å². The predicted molar refractivity (Wildman–Crippen MR) is 53.2 cm³/mol. The van der Waals surface area contributed by atoms with E-state index in [1.807, 2.05) is 19.1 Å². The van der Waals surface area contributed by atoms with Crippen LogP contribution < -0.4 is 11.5 Å². The molecule has 0 aliphatic carbocycles. The number of nitrogen functional groups attached to an aromatic ring is 2. The van der Waals surface area contributed by atoms with Crippen molar-refractivity contribution in [3.8, 4) is 0 Å². The Morgan fingerprint density at radius 3 is 2.83 bits per heavy atom. The van der Waals surface area contributed by atoms with E-state index in [9.17, 15) is 0 Å². The van der Waals surface area contributed by atoms with Gasteiger partial charge in [0.1, 0.15) is 0 Å². The van der Waals surface area contributed by atoms with E-state index < -0.39 is 0 Å². The maximum atomic E-state index is 5.73. The highest BCUT2D eigenvalue weighted by atomic mass is 32.1. The van der Waals surface area contributed by atoms with E-state index in [1.54, 1.807) is 0 Å².